The highest BCUT2D eigenvalue weighted by Gasteiger charge is 2.51. The van der Waals surface area contributed by atoms with E-state index >= 15 is 9.59 Å². The number of anilines is 2. The molecule has 0 saturated heterocycles. The summed E-state index contributed by atoms with van der Waals surface area (Å²) < 4.78 is 6.31. The van der Waals surface area contributed by atoms with Crippen LogP contribution in [0.15, 0.2) is 132 Å². The van der Waals surface area contributed by atoms with E-state index in [1.165, 1.54) is 11.3 Å². The van der Waals surface area contributed by atoms with E-state index in [1.54, 1.807) is 29.0 Å². The number of fused-ring (bicyclic) bond motifs is 2. The zero-order valence-corrected chi connectivity index (χ0v) is 28.1. The lowest BCUT2D eigenvalue weighted by molar-refractivity contribution is -0.131. The summed E-state index contributed by atoms with van der Waals surface area (Å²) in [6.45, 7) is 2.91. The average molecular weight is 666 g/mol. The van der Waals surface area contributed by atoms with Crippen molar-refractivity contribution in [3.8, 4) is 0 Å². The van der Waals surface area contributed by atoms with Crippen LogP contribution in [-0.2, 0) is 19.7 Å². The van der Waals surface area contributed by atoms with Gasteiger partial charge < -0.3 is 19.9 Å². The van der Waals surface area contributed by atoms with E-state index in [1.807, 2.05) is 128 Å². The highest BCUT2D eigenvalue weighted by atomic mass is 32.1. The first-order valence-corrected chi connectivity index (χ1v) is 17.0. The Morgan fingerprint density at radius 2 is 1.59 bits per heavy atom. The Bertz CT molecular complexity index is 2190. The fraction of sp³-hybridized carbons (Fsp3) is 0.146. The molecule has 0 saturated carbocycles. The summed E-state index contributed by atoms with van der Waals surface area (Å²) >= 11 is 1.51. The van der Waals surface area contributed by atoms with Crippen molar-refractivity contribution in [3.05, 3.63) is 164 Å². The minimum atomic E-state index is -1.46. The van der Waals surface area contributed by atoms with Crippen LogP contribution in [-0.4, -0.2) is 49.4 Å². The number of hydrogen-bond donors (Lipinski definition) is 1. The lowest BCUT2D eigenvalue weighted by Crippen LogP contribution is -2.55. The van der Waals surface area contributed by atoms with Crippen LogP contribution in [0.1, 0.15) is 27.0 Å². The normalized spacial score (nSPS) is 16.6. The van der Waals surface area contributed by atoms with Gasteiger partial charge in [-0.05, 0) is 71.1 Å². The Morgan fingerprint density at radius 1 is 0.898 bits per heavy atom. The SMILES string of the molecule is COCCN(C(=O)C1=CC(c2ccc(C)cc2)(c2ccccc2NC(=O)c2ccccc2)C(=O)N2CC=c3ccsc3=C12)c1ccccc1. The van der Waals surface area contributed by atoms with Crippen LogP contribution in [0, 0.1) is 6.92 Å². The summed E-state index contributed by atoms with van der Waals surface area (Å²) in [4.78, 5) is 47.5. The van der Waals surface area contributed by atoms with E-state index in [9.17, 15) is 4.79 Å². The average Bonchev–Trinajstić information content (AvgIpc) is 3.63. The molecule has 1 aromatic heterocycles. The maximum atomic E-state index is 15.4. The summed E-state index contributed by atoms with van der Waals surface area (Å²) in [6, 6.07) is 35.7. The molecule has 1 unspecified atom stereocenters. The zero-order chi connectivity index (χ0) is 34.0. The van der Waals surface area contributed by atoms with Crippen LogP contribution in [0.2, 0.25) is 0 Å². The molecule has 0 fully saturated rings. The van der Waals surface area contributed by atoms with Crippen molar-refractivity contribution >= 4 is 52.2 Å². The summed E-state index contributed by atoms with van der Waals surface area (Å²) in [5, 5.41) is 6.07. The maximum Gasteiger partial charge on any atom is 0.260 e. The third-order valence-corrected chi connectivity index (χ3v) is 10.0. The molecular weight excluding hydrogens is 631 g/mol. The van der Waals surface area contributed by atoms with E-state index in [-0.39, 0.29) is 24.3 Å². The van der Waals surface area contributed by atoms with Crippen molar-refractivity contribution in [1.29, 1.82) is 0 Å². The molecule has 4 aromatic carbocycles. The van der Waals surface area contributed by atoms with Gasteiger partial charge in [0.1, 0.15) is 5.41 Å². The number of nitrogens with one attached hydrogen (secondary N) is 1. The van der Waals surface area contributed by atoms with Crippen molar-refractivity contribution in [1.82, 2.24) is 4.90 Å². The van der Waals surface area contributed by atoms with Crippen LogP contribution in [0.4, 0.5) is 11.4 Å². The topological polar surface area (TPSA) is 79.0 Å². The van der Waals surface area contributed by atoms with Crippen molar-refractivity contribution < 1.29 is 19.1 Å². The lowest BCUT2D eigenvalue weighted by atomic mass is 9.68. The molecule has 49 heavy (non-hydrogen) atoms. The van der Waals surface area contributed by atoms with E-state index in [0.717, 1.165) is 21.0 Å². The lowest BCUT2D eigenvalue weighted by Gasteiger charge is -2.43. The second-order valence-corrected chi connectivity index (χ2v) is 13.0. The standard InChI is InChI=1S/C41H35N3O4S/c1-28-17-19-31(20-18-28)41(34-15-9-10-16-35(34)42-38(45)30-11-5-3-6-12-30)27-33(36-37-29(22-26-49-37)21-23-44(36)40(41)47)39(46)43(24-25-48-2)32-13-7-4-8-14-32/h3-22,26-27H,23-25H2,1-2H3,(H,42,45). The highest BCUT2D eigenvalue weighted by molar-refractivity contribution is 7.07. The first kappa shape index (κ1) is 32.0. The van der Waals surface area contributed by atoms with Crippen LogP contribution >= 0.6 is 11.3 Å². The number of rotatable bonds is 9. The molecule has 1 atom stereocenters. The van der Waals surface area contributed by atoms with Gasteiger partial charge in [0.2, 0.25) is 5.91 Å². The third-order valence-electron chi connectivity index (χ3n) is 9.08. The molecule has 0 radical (unpaired) electrons. The number of amides is 3. The number of para-hydroxylation sites is 2. The maximum absolute atomic E-state index is 15.4. The number of nitrogens with zero attached hydrogens (tertiary/aromatic N) is 2. The van der Waals surface area contributed by atoms with Gasteiger partial charge in [0.15, 0.2) is 0 Å². The van der Waals surface area contributed by atoms with Gasteiger partial charge >= 0.3 is 0 Å². The Labute approximate surface area is 289 Å². The highest BCUT2D eigenvalue weighted by Crippen LogP contribution is 2.46. The van der Waals surface area contributed by atoms with Crippen LogP contribution in [0.3, 0.4) is 0 Å². The smallest absolute Gasteiger partial charge is 0.260 e. The van der Waals surface area contributed by atoms with Gasteiger partial charge in [-0.2, -0.15) is 0 Å². The molecule has 3 heterocycles. The minimum absolute atomic E-state index is 0.206. The van der Waals surface area contributed by atoms with E-state index < -0.39 is 5.41 Å². The van der Waals surface area contributed by atoms with Gasteiger partial charge in [-0.15, -0.1) is 11.3 Å². The molecular formula is C41H35N3O4S. The molecule has 0 bridgehead atoms. The molecule has 1 N–H and O–H groups in total. The van der Waals surface area contributed by atoms with Crippen molar-refractivity contribution in [2.24, 2.45) is 0 Å². The van der Waals surface area contributed by atoms with Gasteiger partial charge in [0, 0.05) is 37.1 Å². The zero-order valence-electron chi connectivity index (χ0n) is 27.3. The fourth-order valence-corrected chi connectivity index (χ4v) is 7.60. The second-order valence-electron chi connectivity index (χ2n) is 12.1. The monoisotopic (exact) mass is 665 g/mol. The number of benzene rings is 4. The quantitative estimate of drug-likeness (QED) is 0.221. The molecule has 0 spiro atoms. The molecule has 2 aliphatic rings. The summed E-state index contributed by atoms with van der Waals surface area (Å²) in [6.07, 6.45) is 3.86. The fourth-order valence-electron chi connectivity index (χ4n) is 6.63. The molecule has 5 aromatic rings. The number of carbonyl (C=O) groups excluding carboxylic acids is 3. The molecule has 0 aliphatic carbocycles. The predicted octanol–water partition coefficient (Wildman–Crippen LogP) is 5.65. The molecule has 7 rings (SSSR count). The van der Waals surface area contributed by atoms with Gasteiger partial charge in [-0.25, -0.2) is 0 Å². The Kier molecular flexibility index (Phi) is 8.82. The summed E-state index contributed by atoms with van der Waals surface area (Å²) in [5.74, 6) is -0.755. The van der Waals surface area contributed by atoms with Gasteiger partial charge in [0.05, 0.1) is 22.4 Å². The number of aryl methyl sites for hydroxylation is 1. The largest absolute Gasteiger partial charge is 0.383 e. The van der Waals surface area contributed by atoms with Crippen LogP contribution in [0.5, 0.6) is 0 Å². The van der Waals surface area contributed by atoms with Crippen LogP contribution in [0.25, 0.3) is 11.8 Å². The van der Waals surface area contributed by atoms with Gasteiger partial charge in [-0.1, -0.05) is 90.5 Å². The predicted molar refractivity (Wildman–Crippen MR) is 195 cm³/mol. The Balaban J connectivity index is 1.51. The number of hydrogen-bond acceptors (Lipinski definition) is 5. The number of thiophene rings is 1. The molecule has 7 nitrogen and oxygen atoms in total. The van der Waals surface area contributed by atoms with Gasteiger partial charge in [-0.3, -0.25) is 14.4 Å². The third kappa shape index (κ3) is 5.79. The van der Waals surface area contributed by atoms with Crippen molar-refractivity contribution in [3.63, 3.8) is 0 Å². The molecule has 8 heteroatoms. The number of ether oxygens (including phenoxy) is 1. The second kappa shape index (κ2) is 13.5. The van der Waals surface area contributed by atoms with E-state index in [0.29, 0.717) is 46.8 Å². The van der Waals surface area contributed by atoms with Gasteiger partial charge in [0.25, 0.3) is 11.8 Å². The van der Waals surface area contributed by atoms with Crippen LogP contribution < -0.4 is 20.0 Å². The Morgan fingerprint density at radius 3 is 2.33 bits per heavy atom. The first-order valence-electron chi connectivity index (χ1n) is 16.1. The molecule has 3 amide bonds. The minimum Gasteiger partial charge on any atom is -0.383 e. The summed E-state index contributed by atoms with van der Waals surface area (Å²) in [7, 11) is 1.61. The summed E-state index contributed by atoms with van der Waals surface area (Å²) in [5.41, 5.74) is 3.52. The molecule has 244 valence electrons. The Hall–Kier alpha value is -5.57. The van der Waals surface area contributed by atoms with Crippen molar-refractivity contribution in [2.45, 2.75) is 12.3 Å². The molecule has 2 aliphatic heterocycles. The number of carbonyl (C=O) groups is 3. The van der Waals surface area contributed by atoms with E-state index in [4.69, 9.17) is 4.74 Å². The first-order chi connectivity index (χ1) is 23.9. The van der Waals surface area contributed by atoms with E-state index in [2.05, 4.69) is 5.32 Å². The number of methoxy groups -OCH3 is 1. The van der Waals surface area contributed by atoms with Crippen molar-refractivity contribution in [2.75, 3.05) is 37.0 Å².